The van der Waals surface area contributed by atoms with Gasteiger partial charge in [-0.1, -0.05) is 17.7 Å². The molecule has 6 heteroatoms. The lowest BCUT2D eigenvalue weighted by molar-refractivity contribution is 0.0683. The largest absolute Gasteiger partial charge is 0.489 e. The predicted molar refractivity (Wildman–Crippen MR) is 124 cm³/mol. The Morgan fingerprint density at radius 2 is 1.94 bits per heavy atom. The molecule has 1 atom stereocenters. The number of nitrogens with zero attached hydrogens (tertiary/aromatic N) is 3. The molecule has 0 radical (unpaired) electrons. The standard InChI is InChI=1S/C25H32ClN3O2/c1-19(16-20-6-5-11-27-18-20)28-14-9-22(10-15-28)31-24-17-21(26)7-8-23(24)25(30)29-12-3-2-4-13-29/h5-8,11,17-19,22H,2-4,9-10,12-16H2,1H3. The van der Waals surface area contributed by atoms with Crippen molar-refractivity contribution in [2.45, 2.75) is 57.6 Å². The number of carbonyl (C=O) groups excluding carboxylic acids is 1. The Morgan fingerprint density at radius 1 is 1.16 bits per heavy atom. The van der Waals surface area contributed by atoms with Crippen LogP contribution in [-0.4, -0.2) is 59.0 Å². The highest BCUT2D eigenvalue weighted by Gasteiger charge is 2.27. The van der Waals surface area contributed by atoms with Crippen molar-refractivity contribution in [1.29, 1.82) is 0 Å². The molecule has 0 saturated carbocycles. The molecule has 0 N–H and O–H groups in total. The predicted octanol–water partition coefficient (Wildman–Crippen LogP) is 4.84. The van der Waals surface area contributed by atoms with Crippen LogP contribution < -0.4 is 4.74 Å². The number of piperidine rings is 2. The lowest BCUT2D eigenvalue weighted by Crippen LogP contribution is -2.44. The number of likely N-dealkylation sites (tertiary alicyclic amines) is 2. The maximum Gasteiger partial charge on any atom is 0.257 e. The Morgan fingerprint density at radius 3 is 2.65 bits per heavy atom. The van der Waals surface area contributed by atoms with E-state index in [9.17, 15) is 4.79 Å². The molecule has 2 fully saturated rings. The second kappa shape index (κ2) is 10.5. The maximum absolute atomic E-state index is 13.1. The smallest absolute Gasteiger partial charge is 0.257 e. The van der Waals surface area contributed by atoms with E-state index >= 15 is 0 Å². The van der Waals surface area contributed by atoms with Crippen LogP contribution >= 0.6 is 11.6 Å². The minimum Gasteiger partial charge on any atom is -0.489 e. The van der Waals surface area contributed by atoms with Crippen molar-refractivity contribution in [3.8, 4) is 5.75 Å². The number of halogens is 1. The van der Waals surface area contributed by atoms with Crippen LogP contribution in [0.15, 0.2) is 42.7 Å². The number of carbonyl (C=O) groups is 1. The molecule has 2 aliphatic heterocycles. The van der Waals surface area contributed by atoms with Gasteiger partial charge in [0.25, 0.3) is 5.91 Å². The summed E-state index contributed by atoms with van der Waals surface area (Å²) in [5.74, 6) is 0.693. The van der Waals surface area contributed by atoms with Crippen molar-refractivity contribution < 1.29 is 9.53 Å². The summed E-state index contributed by atoms with van der Waals surface area (Å²) in [5.41, 5.74) is 1.91. The molecule has 0 aliphatic carbocycles. The van der Waals surface area contributed by atoms with Crippen LogP contribution in [-0.2, 0) is 6.42 Å². The van der Waals surface area contributed by atoms with Crippen molar-refractivity contribution in [2.24, 2.45) is 0 Å². The second-order valence-electron chi connectivity index (χ2n) is 8.76. The average Bonchev–Trinajstić information content (AvgIpc) is 2.80. The molecular formula is C25H32ClN3O2. The van der Waals surface area contributed by atoms with Gasteiger partial charge in [-0.2, -0.15) is 0 Å². The van der Waals surface area contributed by atoms with Gasteiger partial charge in [0, 0.05) is 49.6 Å². The molecule has 1 aromatic carbocycles. The number of pyridine rings is 1. The lowest BCUT2D eigenvalue weighted by atomic mass is 10.0. The monoisotopic (exact) mass is 441 g/mol. The van der Waals surface area contributed by atoms with E-state index < -0.39 is 0 Å². The van der Waals surface area contributed by atoms with E-state index in [1.807, 2.05) is 29.4 Å². The third-order valence-corrected chi connectivity index (χ3v) is 6.70. The fraction of sp³-hybridized carbons (Fsp3) is 0.520. The van der Waals surface area contributed by atoms with Crippen molar-refractivity contribution in [3.63, 3.8) is 0 Å². The molecule has 2 saturated heterocycles. The first-order valence-corrected chi connectivity index (χ1v) is 11.9. The van der Waals surface area contributed by atoms with Gasteiger partial charge in [-0.25, -0.2) is 0 Å². The molecule has 2 aliphatic rings. The molecule has 166 valence electrons. The zero-order chi connectivity index (χ0) is 21.6. The van der Waals surface area contributed by atoms with Crippen LogP contribution in [0.2, 0.25) is 5.02 Å². The minimum absolute atomic E-state index is 0.0638. The zero-order valence-corrected chi connectivity index (χ0v) is 19.1. The Hall–Kier alpha value is -2.11. The molecule has 1 unspecified atom stereocenters. The summed E-state index contributed by atoms with van der Waals surface area (Å²) in [6.45, 7) is 5.91. The number of aromatic nitrogens is 1. The van der Waals surface area contributed by atoms with E-state index in [0.717, 1.165) is 58.3 Å². The molecule has 1 aromatic heterocycles. The summed E-state index contributed by atoms with van der Waals surface area (Å²) in [5, 5.41) is 0.604. The highest BCUT2D eigenvalue weighted by molar-refractivity contribution is 6.30. The molecule has 31 heavy (non-hydrogen) atoms. The topological polar surface area (TPSA) is 45.7 Å². The van der Waals surface area contributed by atoms with Gasteiger partial charge in [0.15, 0.2) is 0 Å². The normalized spacial score (nSPS) is 19.2. The first-order valence-electron chi connectivity index (χ1n) is 11.5. The van der Waals surface area contributed by atoms with Gasteiger partial charge >= 0.3 is 0 Å². The van der Waals surface area contributed by atoms with Crippen LogP contribution in [0.25, 0.3) is 0 Å². The summed E-state index contributed by atoms with van der Waals surface area (Å²) in [6.07, 6.45) is 10.1. The molecule has 5 nitrogen and oxygen atoms in total. The minimum atomic E-state index is 0.0638. The molecule has 1 amide bonds. The Bertz CT molecular complexity index is 862. The highest BCUT2D eigenvalue weighted by atomic mass is 35.5. The van der Waals surface area contributed by atoms with Crippen LogP contribution in [0.5, 0.6) is 5.75 Å². The SMILES string of the molecule is CC(Cc1cccnc1)N1CCC(Oc2cc(Cl)ccc2C(=O)N2CCCCC2)CC1. The summed E-state index contributed by atoms with van der Waals surface area (Å²) in [4.78, 5) is 21.8. The summed E-state index contributed by atoms with van der Waals surface area (Å²) in [7, 11) is 0. The first-order chi connectivity index (χ1) is 15.1. The first kappa shape index (κ1) is 22.1. The fourth-order valence-corrected chi connectivity index (χ4v) is 4.80. The van der Waals surface area contributed by atoms with Gasteiger partial charge in [0.05, 0.1) is 5.56 Å². The van der Waals surface area contributed by atoms with Crippen LogP contribution in [0.4, 0.5) is 0 Å². The summed E-state index contributed by atoms with van der Waals surface area (Å²) in [6, 6.07) is 10.0. The fourth-order valence-electron chi connectivity index (χ4n) is 4.64. The van der Waals surface area contributed by atoms with E-state index in [1.165, 1.54) is 12.0 Å². The van der Waals surface area contributed by atoms with E-state index in [1.54, 1.807) is 12.1 Å². The van der Waals surface area contributed by atoms with Crippen molar-refractivity contribution in [2.75, 3.05) is 26.2 Å². The summed E-state index contributed by atoms with van der Waals surface area (Å²) >= 11 is 6.25. The van der Waals surface area contributed by atoms with Crippen LogP contribution in [0.3, 0.4) is 0 Å². The molecule has 2 aromatic rings. The number of rotatable bonds is 6. The molecule has 0 spiro atoms. The Kier molecular flexibility index (Phi) is 7.46. The third-order valence-electron chi connectivity index (χ3n) is 6.46. The number of hydrogen-bond donors (Lipinski definition) is 0. The second-order valence-corrected chi connectivity index (χ2v) is 9.20. The maximum atomic E-state index is 13.1. The van der Waals surface area contributed by atoms with Crippen molar-refractivity contribution in [1.82, 2.24) is 14.8 Å². The zero-order valence-electron chi connectivity index (χ0n) is 18.3. The number of ether oxygens (including phenoxy) is 1. The number of amides is 1. The van der Waals surface area contributed by atoms with Gasteiger partial charge in [-0.05, 0) is 75.3 Å². The highest BCUT2D eigenvalue weighted by Crippen LogP contribution is 2.29. The van der Waals surface area contributed by atoms with Crippen molar-refractivity contribution in [3.05, 3.63) is 58.9 Å². The summed E-state index contributed by atoms with van der Waals surface area (Å²) < 4.78 is 6.36. The molecule has 3 heterocycles. The van der Waals surface area contributed by atoms with E-state index in [-0.39, 0.29) is 12.0 Å². The van der Waals surface area contributed by atoms with Gasteiger partial charge in [-0.3, -0.25) is 9.78 Å². The van der Waals surface area contributed by atoms with E-state index in [2.05, 4.69) is 22.9 Å². The van der Waals surface area contributed by atoms with Crippen LogP contribution in [0, 0.1) is 0 Å². The van der Waals surface area contributed by atoms with Gasteiger partial charge in [0.1, 0.15) is 11.9 Å². The molecule has 0 bridgehead atoms. The average molecular weight is 442 g/mol. The van der Waals surface area contributed by atoms with E-state index in [0.29, 0.717) is 22.4 Å². The van der Waals surface area contributed by atoms with Crippen molar-refractivity contribution >= 4 is 17.5 Å². The molecular weight excluding hydrogens is 410 g/mol. The third kappa shape index (κ3) is 5.78. The van der Waals surface area contributed by atoms with E-state index in [4.69, 9.17) is 16.3 Å². The Labute approximate surface area is 190 Å². The molecule has 4 rings (SSSR count). The van der Waals surface area contributed by atoms with Gasteiger partial charge in [-0.15, -0.1) is 0 Å². The Balaban J connectivity index is 1.36. The number of hydrogen-bond acceptors (Lipinski definition) is 4. The van der Waals surface area contributed by atoms with Gasteiger partial charge < -0.3 is 14.5 Å². The number of benzene rings is 1. The lowest BCUT2D eigenvalue weighted by Gasteiger charge is -2.36. The quantitative estimate of drug-likeness (QED) is 0.643. The van der Waals surface area contributed by atoms with Crippen LogP contribution in [0.1, 0.15) is 54.9 Å². The van der Waals surface area contributed by atoms with Gasteiger partial charge in [0.2, 0.25) is 0 Å².